The van der Waals surface area contributed by atoms with Gasteiger partial charge in [-0.2, -0.15) is 0 Å². The third kappa shape index (κ3) is 7.95. The molecule has 4 rings (SSSR count). The summed E-state index contributed by atoms with van der Waals surface area (Å²) in [5.41, 5.74) is 0.436. The molecule has 1 heterocycles. The Labute approximate surface area is 207 Å². The van der Waals surface area contributed by atoms with E-state index in [2.05, 4.69) is 6.92 Å². The largest absolute Gasteiger partial charge is 0.488 e. The molecular weight excluding hydrogens is 448 g/mol. The van der Waals surface area contributed by atoms with Crippen LogP contribution in [0.2, 0.25) is 0 Å². The monoisotopic (exact) mass is 484 g/mol. The fraction of sp³-hybridized carbons (Fsp3) is 0.536. The molecule has 2 aliphatic rings. The standard InChI is InChI=1S/C28H36O7/c1-3-4-27(32-17-20-5-9-22(29)10-6-20)34-24-11-7-21(8-12-24)28(30)35-25-15-13-23(14-16-25)33-19(2)26-18-31-26/h7-8,11-16,19-20,22,26-27,29H,3-6,9-10,17-18H2,1-2H3. The Balaban J connectivity index is 1.25. The van der Waals surface area contributed by atoms with Gasteiger partial charge in [0.25, 0.3) is 0 Å². The Morgan fingerprint density at radius 1 is 0.971 bits per heavy atom. The zero-order valence-electron chi connectivity index (χ0n) is 20.6. The van der Waals surface area contributed by atoms with Gasteiger partial charge in [0.1, 0.15) is 29.5 Å². The molecule has 0 radical (unpaired) electrons. The molecule has 1 saturated carbocycles. The van der Waals surface area contributed by atoms with Crippen molar-refractivity contribution in [3.8, 4) is 17.2 Å². The molecule has 35 heavy (non-hydrogen) atoms. The quantitative estimate of drug-likeness (QED) is 0.193. The predicted molar refractivity (Wildman–Crippen MR) is 131 cm³/mol. The van der Waals surface area contributed by atoms with Gasteiger partial charge in [-0.15, -0.1) is 0 Å². The minimum atomic E-state index is -0.439. The van der Waals surface area contributed by atoms with Crippen molar-refractivity contribution in [1.29, 1.82) is 0 Å². The maximum atomic E-state index is 12.6. The highest BCUT2D eigenvalue weighted by Gasteiger charge is 2.31. The van der Waals surface area contributed by atoms with E-state index in [0.29, 0.717) is 35.3 Å². The number of carbonyl (C=O) groups excluding carboxylic acids is 1. The van der Waals surface area contributed by atoms with Crippen LogP contribution in [0.15, 0.2) is 48.5 Å². The molecule has 0 aromatic heterocycles. The van der Waals surface area contributed by atoms with E-state index in [1.807, 2.05) is 6.92 Å². The van der Waals surface area contributed by atoms with Crippen molar-refractivity contribution in [3.63, 3.8) is 0 Å². The molecular formula is C28H36O7. The van der Waals surface area contributed by atoms with E-state index in [1.165, 1.54) is 0 Å². The molecule has 0 bridgehead atoms. The van der Waals surface area contributed by atoms with Crippen LogP contribution in [0.1, 0.15) is 62.7 Å². The van der Waals surface area contributed by atoms with Crippen LogP contribution in [0, 0.1) is 5.92 Å². The van der Waals surface area contributed by atoms with Gasteiger partial charge in [0.2, 0.25) is 0 Å². The Morgan fingerprint density at radius 2 is 1.57 bits per heavy atom. The van der Waals surface area contributed by atoms with Crippen molar-refractivity contribution in [1.82, 2.24) is 0 Å². The number of rotatable bonds is 12. The van der Waals surface area contributed by atoms with Gasteiger partial charge < -0.3 is 28.8 Å². The van der Waals surface area contributed by atoms with Gasteiger partial charge in [0.05, 0.1) is 24.9 Å². The van der Waals surface area contributed by atoms with Crippen LogP contribution in [0.3, 0.4) is 0 Å². The summed E-state index contributed by atoms with van der Waals surface area (Å²) in [6.07, 6.45) is 5.05. The lowest BCUT2D eigenvalue weighted by Gasteiger charge is -2.27. The van der Waals surface area contributed by atoms with Crippen LogP contribution >= 0.6 is 0 Å². The second kappa shape index (κ2) is 12.4. The summed E-state index contributed by atoms with van der Waals surface area (Å²) >= 11 is 0. The van der Waals surface area contributed by atoms with Gasteiger partial charge in [0, 0.05) is 6.42 Å². The first-order valence-electron chi connectivity index (χ1n) is 12.7. The first kappa shape index (κ1) is 25.5. The maximum Gasteiger partial charge on any atom is 0.343 e. The lowest BCUT2D eigenvalue weighted by Crippen LogP contribution is -2.27. The van der Waals surface area contributed by atoms with E-state index in [4.69, 9.17) is 23.7 Å². The molecule has 1 aliphatic carbocycles. The molecule has 7 heteroatoms. The molecule has 190 valence electrons. The van der Waals surface area contributed by atoms with Crippen molar-refractivity contribution in [3.05, 3.63) is 54.1 Å². The lowest BCUT2D eigenvalue weighted by atomic mass is 9.88. The zero-order valence-corrected chi connectivity index (χ0v) is 20.6. The van der Waals surface area contributed by atoms with Gasteiger partial charge >= 0.3 is 5.97 Å². The second-order valence-corrected chi connectivity index (χ2v) is 9.42. The number of carbonyl (C=O) groups is 1. The number of epoxide rings is 1. The minimum Gasteiger partial charge on any atom is -0.488 e. The molecule has 7 nitrogen and oxygen atoms in total. The van der Waals surface area contributed by atoms with Crippen LogP contribution in [-0.4, -0.2) is 48.9 Å². The van der Waals surface area contributed by atoms with Gasteiger partial charge in [-0.05, 0) is 87.1 Å². The summed E-state index contributed by atoms with van der Waals surface area (Å²) in [6, 6.07) is 13.9. The molecule has 2 aromatic carbocycles. The van der Waals surface area contributed by atoms with E-state index in [0.717, 1.165) is 45.1 Å². The summed E-state index contributed by atoms with van der Waals surface area (Å²) in [7, 11) is 0. The second-order valence-electron chi connectivity index (χ2n) is 9.42. The van der Waals surface area contributed by atoms with Crippen molar-refractivity contribution < 1.29 is 33.6 Å². The summed E-state index contributed by atoms with van der Waals surface area (Å²) < 4.78 is 28.6. The molecule has 3 unspecified atom stereocenters. The smallest absolute Gasteiger partial charge is 0.343 e. The Kier molecular flexibility index (Phi) is 9.01. The number of aliphatic hydroxyl groups excluding tert-OH is 1. The van der Waals surface area contributed by atoms with Gasteiger partial charge in [-0.1, -0.05) is 13.3 Å². The van der Waals surface area contributed by atoms with Gasteiger partial charge in [-0.25, -0.2) is 4.79 Å². The number of esters is 1. The van der Waals surface area contributed by atoms with E-state index in [1.54, 1.807) is 48.5 Å². The molecule has 3 atom stereocenters. The molecule has 0 spiro atoms. The number of hydrogen-bond donors (Lipinski definition) is 1. The summed E-state index contributed by atoms with van der Waals surface area (Å²) in [4.78, 5) is 12.6. The normalized spacial score (nSPS) is 23.2. The van der Waals surface area contributed by atoms with Crippen molar-refractivity contribution in [2.24, 2.45) is 5.92 Å². The molecule has 1 aliphatic heterocycles. The third-order valence-corrected chi connectivity index (χ3v) is 6.45. The Morgan fingerprint density at radius 3 is 2.20 bits per heavy atom. The zero-order chi connectivity index (χ0) is 24.6. The summed E-state index contributed by atoms with van der Waals surface area (Å²) in [5, 5.41) is 9.68. The highest BCUT2D eigenvalue weighted by molar-refractivity contribution is 5.91. The Bertz CT molecular complexity index is 915. The molecule has 1 N–H and O–H groups in total. The average molecular weight is 485 g/mol. The number of ether oxygens (including phenoxy) is 5. The van der Waals surface area contributed by atoms with Crippen LogP contribution in [0.4, 0.5) is 0 Å². The Hall–Kier alpha value is -2.61. The average Bonchev–Trinajstić information content (AvgIpc) is 3.71. The van der Waals surface area contributed by atoms with Gasteiger partial charge in [-0.3, -0.25) is 0 Å². The maximum absolute atomic E-state index is 12.6. The number of hydrogen-bond acceptors (Lipinski definition) is 7. The van der Waals surface area contributed by atoms with Crippen molar-refractivity contribution in [2.75, 3.05) is 13.2 Å². The first-order chi connectivity index (χ1) is 17.0. The first-order valence-corrected chi connectivity index (χ1v) is 12.7. The van der Waals surface area contributed by atoms with Crippen LogP contribution in [-0.2, 0) is 9.47 Å². The third-order valence-electron chi connectivity index (χ3n) is 6.45. The van der Waals surface area contributed by atoms with E-state index in [-0.39, 0.29) is 24.6 Å². The van der Waals surface area contributed by atoms with Crippen LogP contribution < -0.4 is 14.2 Å². The predicted octanol–water partition coefficient (Wildman–Crippen LogP) is 5.14. The SMILES string of the molecule is CCCC(OCC1CCC(O)CC1)Oc1ccc(C(=O)Oc2ccc(OC(C)C3CO3)cc2)cc1. The fourth-order valence-corrected chi connectivity index (χ4v) is 4.16. The van der Waals surface area contributed by atoms with Crippen LogP contribution in [0.5, 0.6) is 17.2 Å². The minimum absolute atomic E-state index is 0.00672. The van der Waals surface area contributed by atoms with Crippen molar-refractivity contribution >= 4 is 5.97 Å². The van der Waals surface area contributed by atoms with Gasteiger partial charge in [0.15, 0.2) is 6.29 Å². The molecule has 2 fully saturated rings. The lowest BCUT2D eigenvalue weighted by molar-refractivity contribution is -0.101. The highest BCUT2D eigenvalue weighted by Crippen LogP contribution is 2.26. The molecule has 0 amide bonds. The molecule has 2 aromatic rings. The van der Waals surface area contributed by atoms with E-state index in [9.17, 15) is 9.90 Å². The van der Waals surface area contributed by atoms with E-state index >= 15 is 0 Å². The van der Waals surface area contributed by atoms with Crippen molar-refractivity contribution in [2.45, 2.75) is 77.0 Å². The number of aliphatic hydroxyl groups is 1. The highest BCUT2D eigenvalue weighted by atomic mass is 16.7. The summed E-state index contributed by atoms with van der Waals surface area (Å²) in [6.45, 7) is 5.44. The van der Waals surface area contributed by atoms with E-state index < -0.39 is 5.97 Å². The molecule has 1 saturated heterocycles. The number of benzene rings is 2. The fourth-order valence-electron chi connectivity index (χ4n) is 4.16. The topological polar surface area (TPSA) is 86.8 Å². The summed E-state index contributed by atoms with van der Waals surface area (Å²) in [5.74, 6) is 1.83. The van der Waals surface area contributed by atoms with Crippen LogP contribution in [0.25, 0.3) is 0 Å².